The van der Waals surface area contributed by atoms with Crippen LogP contribution in [0.3, 0.4) is 0 Å². The second kappa shape index (κ2) is 7.12. The smallest absolute Gasteiger partial charge is 0.320 e. The van der Waals surface area contributed by atoms with E-state index in [-0.39, 0.29) is 11.8 Å². The molecule has 4 unspecified atom stereocenters. The fraction of sp³-hybridized carbons (Fsp3) is 0.438. The Bertz CT molecular complexity index is 914. The van der Waals surface area contributed by atoms with Gasteiger partial charge in [0.2, 0.25) is 0 Å². The number of nitrogens with two attached hydrogens (primary N) is 1. The van der Waals surface area contributed by atoms with Crippen molar-refractivity contribution in [1.82, 2.24) is 24.5 Å². The monoisotopic (exact) mass is 376 g/mol. The van der Waals surface area contributed by atoms with Crippen molar-refractivity contribution in [3.8, 4) is 6.01 Å². The Labute approximate surface area is 153 Å². The number of nitrogen functional groups attached to an aromatic ring is 1. The molecule has 0 spiro atoms. The molecule has 11 heteroatoms. The van der Waals surface area contributed by atoms with Gasteiger partial charge in [0.15, 0.2) is 23.2 Å². The molecule has 11 nitrogen and oxygen atoms in total. The molecule has 1 aliphatic heterocycles. The summed E-state index contributed by atoms with van der Waals surface area (Å²) in [6, 6.07) is 2.02. The second-order valence-corrected chi connectivity index (χ2v) is 6.26. The van der Waals surface area contributed by atoms with Gasteiger partial charge in [-0.05, 0) is 11.6 Å². The predicted molar refractivity (Wildman–Crippen MR) is 92.7 cm³/mol. The van der Waals surface area contributed by atoms with E-state index >= 15 is 0 Å². The van der Waals surface area contributed by atoms with E-state index in [0.717, 1.165) is 5.56 Å². The average Bonchev–Trinajstić information content (AvgIpc) is 3.37. The highest BCUT2D eigenvalue weighted by atomic mass is 16.6. The molecule has 0 amide bonds. The summed E-state index contributed by atoms with van der Waals surface area (Å²) in [5.74, 6) is 0.127. The zero-order valence-corrected chi connectivity index (χ0v) is 14.3. The summed E-state index contributed by atoms with van der Waals surface area (Å²) in [5.41, 5.74) is 7.65. The van der Waals surface area contributed by atoms with Crippen molar-refractivity contribution >= 4 is 17.0 Å². The average molecular weight is 376 g/mol. The van der Waals surface area contributed by atoms with Gasteiger partial charge in [-0.1, -0.05) is 0 Å². The lowest BCUT2D eigenvalue weighted by molar-refractivity contribution is -0.0511. The maximum Gasteiger partial charge on any atom is 0.320 e. The molecule has 3 aromatic rings. The van der Waals surface area contributed by atoms with Gasteiger partial charge in [0.25, 0.3) is 0 Å². The molecule has 4 heterocycles. The normalized spacial score (nSPS) is 25.3. The number of aromatic amines is 1. The number of nitrogens with one attached hydrogen (secondary N) is 1. The van der Waals surface area contributed by atoms with Gasteiger partial charge >= 0.3 is 6.01 Å². The van der Waals surface area contributed by atoms with E-state index in [2.05, 4.69) is 19.9 Å². The first-order valence-electron chi connectivity index (χ1n) is 8.45. The standard InChI is InChI=1S/C16H20N6O5/c17-13-10-14(21-16(20-13)26-4-2-8-1-3-18-5-8)22(7-19-10)15-12(25)11(24)9(6-23)27-15/h1,3,5,7,9,11-12,15,18,23-25H,2,4,6H2,(H2,17,20,21). The maximum absolute atomic E-state index is 10.2. The van der Waals surface area contributed by atoms with E-state index in [4.69, 9.17) is 15.2 Å². The second-order valence-electron chi connectivity index (χ2n) is 6.26. The molecule has 0 radical (unpaired) electrons. The quantitative estimate of drug-likeness (QED) is 0.362. The first-order valence-corrected chi connectivity index (χ1v) is 8.45. The summed E-state index contributed by atoms with van der Waals surface area (Å²) in [4.78, 5) is 15.5. The number of anilines is 1. The third kappa shape index (κ3) is 3.21. The topological polar surface area (TPSA) is 165 Å². The van der Waals surface area contributed by atoms with Crippen molar-refractivity contribution in [2.75, 3.05) is 18.9 Å². The number of nitrogens with zero attached hydrogens (tertiary/aromatic N) is 4. The number of hydrogen-bond acceptors (Lipinski definition) is 9. The Balaban J connectivity index is 1.58. The maximum atomic E-state index is 10.2. The van der Waals surface area contributed by atoms with Gasteiger partial charge in [0.05, 0.1) is 19.5 Å². The number of rotatable bonds is 6. The first-order chi connectivity index (χ1) is 13.1. The van der Waals surface area contributed by atoms with Gasteiger partial charge in [0, 0.05) is 18.8 Å². The molecule has 27 heavy (non-hydrogen) atoms. The van der Waals surface area contributed by atoms with Crippen molar-refractivity contribution in [2.24, 2.45) is 0 Å². The Morgan fingerprint density at radius 1 is 1.30 bits per heavy atom. The van der Waals surface area contributed by atoms with E-state index in [1.807, 2.05) is 18.5 Å². The van der Waals surface area contributed by atoms with Crippen molar-refractivity contribution < 1.29 is 24.8 Å². The molecule has 0 aliphatic carbocycles. The van der Waals surface area contributed by atoms with Gasteiger partial charge in [0.1, 0.15) is 18.3 Å². The molecule has 4 rings (SSSR count). The van der Waals surface area contributed by atoms with E-state index < -0.39 is 31.1 Å². The van der Waals surface area contributed by atoms with Crippen LogP contribution in [0.4, 0.5) is 5.82 Å². The van der Waals surface area contributed by atoms with Gasteiger partial charge in [-0.15, -0.1) is 0 Å². The lowest BCUT2D eigenvalue weighted by Gasteiger charge is -2.16. The molecular formula is C16H20N6O5. The highest BCUT2D eigenvalue weighted by molar-refractivity contribution is 5.82. The minimum Gasteiger partial charge on any atom is -0.463 e. The van der Waals surface area contributed by atoms with Crippen LogP contribution in [0.15, 0.2) is 24.8 Å². The van der Waals surface area contributed by atoms with E-state index in [9.17, 15) is 15.3 Å². The predicted octanol–water partition coefficient (Wildman–Crippen LogP) is -1.03. The third-order valence-corrected chi connectivity index (χ3v) is 4.50. The van der Waals surface area contributed by atoms with Crippen LogP contribution in [0.5, 0.6) is 6.01 Å². The summed E-state index contributed by atoms with van der Waals surface area (Å²) in [6.07, 6.45) is 1.40. The zero-order valence-electron chi connectivity index (χ0n) is 14.3. The molecule has 0 bridgehead atoms. The highest BCUT2D eigenvalue weighted by Gasteiger charge is 2.44. The van der Waals surface area contributed by atoms with Gasteiger partial charge in [-0.2, -0.15) is 9.97 Å². The van der Waals surface area contributed by atoms with Crippen LogP contribution in [0.25, 0.3) is 11.2 Å². The minimum absolute atomic E-state index is 0.0732. The number of aliphatic hydroxyl groups is 3. The Kier molecular flexibility index (Phi) is 4.66. The molecule has 0 saturated carbocycles. The Morgan fingerprint density at radius 3 is 2.85 bits per heavy atom. The van der Waals surface area contributed by atoms with Crippen molar-refractivity contribution in [1.29, 1.82) is 0 Å². The zero-order chi connectivity index (χ0) is 19.0. The van der Waals surface area contributed by atoms with Crippen molar-refractivity contribution in [3.05, 3.63) is 30.4 Å². The van der Waals surface area contributed by atoms with Crippen LogP contribution in [-0.2, 0) is 11.2 Å². The summed E-state index contributed by atoms with van der Waals surface area (Å²) in [7, 11) is 0. The SMILES string of the molecule is Nc1nc(OCCc2cc[nH]c2)nc2c1ncn2C1OC(CO)C(O)C1O. The van der Waals surface area contributed by atoms with Crippen LogP contribution in [-0.4, -0.2) is 71.3 Å². The Morgan fingerprint density at radius 2 is 2.15 bits per heavy atom. The third-order valence-electron chi connectivity index (χ3n) is 4.50. The number of aromatic nitrogens is 5. The molecule has 1 saturated heterocycles. The van der Waals surface area contributed by atoms with E-state index in [0.29, 0.717) is 24.2 Å². The largest absolute Gasteiger partial charge is 0.463 e. The summed E-state index contributed by atoms with van der Waals surface area (Å²) >= 11 is 0. The van der Waals surface area contributed by atoms with Crippen LogP contribution in [0, 0.1) is 0 Å². The number of hydrogen-bond donors (Lipinski definition) is 5. The fourth-order valence-corrected chi connectivity index (χ4v) is 3.05. The summed E-state index contributed by atoms with van der Waals surface area (Å²) in [5, 5.41) is 29.5. The minimum atomic E-state index is -1.26. The Hall–Kier alpha value is -2.73. The molecule has 3 aromatic heterocycles. The number of aliphatic hydroxyl groups excluding tert-OH is 3. The van der Waals surface area contributed by atoms with Crippen LogP contribution < -0.4 is 10.5 Å². The van der Waals surface area contributed by atoms with E-state index in [1.54, 1.807) is 0 Å². The molecule has 0 aromatic carbocycles. The number of ether oxygens (including phenoxy) is 2. The fourth-order valence-electron chi connectivity index (χ4n) is 3.05. The molecule has 1 fully saturated rings. The molecule has 6 N–H and O–H groups in total. The number of imidazole rings is 1. The van der Waals surface area contributed by atoms with Gasteiger partial charge in [-0.3, -0.25) is 4.57 Å². The number of H-pyrrole nitrogens is 1. The van der Waals surface area contributed by atoms with Crippen LogP contribution in [0.1, 0.15) is 11.8 Å². The summed E-state index contributed by atoms with van der Waals surface area (Å²) < 4.78 is 12.6. The molecule has 1 aliphatic rings. The van der Waals surface area contributed by atoms with Gasteiger partial charge < -0.3 is 35.5 Å². The van der Waals surface area contributed by atoms with Crippen molar-refractivity contribution in [3.63, 3.8) is 0 Å². The molecule has 4 atom stereocenters. The van der Waals surface area contributed by atoms with Crippen molar-refractivity contribution in [2.45, 2.75) is 31.0 Å². The molecular weight excluding hydrogens is 356 g/mol. The number of fused-ring (bicyclic) bond motifs is 1. The highest BCUT2D eigenvalue weighted by Crippen LogP contribution is 2.32. The van der Waals surface area contributed by atoms with Gasteiger partial charge in [-0.25, -0.2) is 4.98 Å². The lowest BCUT2D eigenvalue weighted by Crippen LogP contribution is -2.33. The van der Waals surface area contributed by atoms with Crippen LogP contribution in [0.2, 0.25) is 0 Å². The lowest BCUT2D eigenvalue weighted by atomic mass is 10.1. The summed E-state index contributed by atoms with van der Waals surface area (Å²) in [6.45, 7) is -0.0726. The van der Waals surface area contributed by atoms with Crippen LogP contribution >= 0.6 is 0 Å². The van der Waals surface area contributed by atoms with E-state index in [1.165, 1.54) is 10.9 Å². The first kappa shape index (κ1) is 17.7. The molecule has 144 valence electrons.